The molecule has 2 rings (SSSR count). The van der Waals surface area contributed by atoms with E-state index in [9.17, 15) is 19.5 Å². The van der Waals surface area contributed by atoms with Crippen LogP contribution in [0.4, 0.5) is 0 Å². The van der Waals surface area contributed by atoms with Crippen molar-refractivity contribution in [1.29, 1.82) is 0 Å². The highest BCUT2D eigenvalue weighted by Gasteiger charge is 2.23. The Labute approximate surface area is 158 Å². The monoisotopic (exact) mass is 368 g/mol. The van der Waals surface area contributed by atoms with Crippen LogP contribution in [0.5, 0.6) is 0 Å². The normalized spacial score (nSPS) is 12.7. The van der Waals surface area contributed by atoms with Gasteiger partial charge in [-0.1, -0.05) is 60.2 Å². The molecule has 142 valence electrons. The van der Waals surface area contributed by atoms with Crippen molar-refractivity contribution in [2.45, 2.75) is 38.8 Å². The van der Waals surface area contributed by atoms with Crippen molar-refractivity contribution in [3.05, 3.63) is 71.3 Å². The summed E-state index contributed by atoms with van der Waals surface area (Å²) in [5, 5.41) is 14.7. The van der Waals surface area contributed by atoms with Crippen molar-refractivity contribution in [3.8, 4) is 0 Å². The first-order chi connectivity index (χ1) is 12.8. The van der Waals surface area contributed by atoms with Crippen molar-refractivity contribution < 1.29 is 19.5 Å². The van der Waals surface area contributed by atoms with Crippen LogP contribution in [0, 0.1) is 6.92 Å². The number of benzene rings is 2. The summed E-state index contributed by atoms with van der Waals surface area (Å²) < 4.78 is 0. The van der Waals surface area contributed by atoms with Gasteiger partial charge in [-0.15, -0.1) is 0 Å². The van der Waals surface area contributed by atoms with Crippen LogP contribution in [0.3, 0.4) is 0 Å². The summed E-state index contributed by atoms with van der Waals surface area (Å²) in [6, 6.07) is 15.1. The van der Waals surface area contributed by atoms with Crippen LogP contribution in [0.1, 0.15) is 36.1 Å². The highest BCUT2D eigenvalue weighted by molar-refractivity contribution is 5.84. The molecule has 0 heterocycles. The van der Waals surface area contributed by atoms with Crippen molar-refractivity contribution >= 4 is 17.8 Å². The third-order valence-corrected chi connectivity index (χ3v) is 4.16. The highest BCUT2D eigenvalue weighted by atomic mass is 16.4. The average molecular weight is 368 g/mol. The van der Waals surface area contributed by atoms with E-state index in [4.69, 9.17) is 0 Å². The Hall–Kier alpha value is -3.15. The van der Waals surface area contributed by atoms with Crippen molar-refractivity contribution in [2.75, 3.05) is 0 Å². The lowest BCUT2D eigenvalue weighted by molar-refractivity contribution is -0.142. The van der Waals surface area contributed by atoms with Crippen molar-refractivity contribution in [2.24, 2.45) is 0 Å². The second kappa shape index (κ2) is 9.52. The average Bonchev–Trinajstić information content (AvgIpc) is 2.61. The minimum Gasteiger partial charge on any atom is -0.480 e. The summed E-state index contributed by atoms with van der Waals surface area (Å²) in [5.41, 5.74) is 2.68. The Kier molecular flexibility index (Phi) is 7.11. The molecule has 2 aromatic carbocycles. The van der Waals surface area contributed by atoms with Gasteiger partial charge in [0.2, 0.25) is 11.8 Å². The number of aryl methyl sites for hydroxylation is 1. The number of amides is 2. The molecule has 2 amide bonds. The van der Waals surface area contributed by atoms with Gasteiger partial charge in [0.15, 0.2) is 0 Å². The van der Waals surface area contributed by atoms with Gasteiger partial charge >= 0.3 is 5.97 Å². The van der Waals surface area contributed by atoms with E-state index < -0.39 is 24.0 Å². The van der Waals surface area contributed by atoms with Crippen LogP contribution in [-0.2, 0) is 20.8 Å². The highest BCUT2D eigenvalue weighted by Crippen LogP contribution is 2.18. The van der Waals surface area contributed by atoms with Gasteiger partial charge in [0.05, 0.1) is 12.5 Å². The summed E-state index contributed by atoms with van der Waals surface area (Å²) in [7, 11) is 0. The number of aliphatic carboxylic acids is 1. The third-order valence-electron chi connectivity index (χ3n) is 4.16. The molecular formula is C21H24N2O4. The van der Waals surface area contributed by atoms with E-state index in [0.29, 0.717) is 0 Å². The predicted molar refractivity (Wildman–Crippen MR) is 102 cm³/mol. The van der Waals surface area contributed by atoms with Gasteiger partial charge < -0.3 is 15.7 Å². The quantitative estimate of drug-likeness (QED) is 0.667. The van der Waals surface area contributed by atoms with Gasteiger partial charge in [-0.05, 0) is 18.1 Å². The molecular weight excluding hydrogens is 344 g/mol. The van der Waals surface area contributed by atoms with Crippen LogP contribution >= 0.6 is 0 Å². The molecule has 0 bridgehead atoms. The molecule has 0 fully saturated rings. The molecule has 2 aromatic rings. The maximum Gasteiger partial charge on any atom is 0.326 e. The van der Waals surface area contributed by atoms with Crippen LogP contribution in [0.15, 0.2) is 54.6 Å². The molecule has 27 heavy (non-hydrogen) atoms. The largest absolute Gasteiger partial charge is 0.480 e. The van der Waals surface area contributed by atoms with E-state index >= 15 is 0 Å². The smallest absolute Gasteiger partial charge is 0.326 e. The maximum absolute atomic E-state index is 12.5. The number of carbonyl (C=O) groups excluding carboxylic acids is 2. The van der Waals surface area contributed by atoms with E-state index in [-0.39, 0.29) is 18.7 Å². The Bertz CT molecular complexity index is 788. The van der Waals surface area contributed by atoms with Gasteiger partial charge in [-0.25, -0.2) is 4.79 Å². The molecule has 0 aliphatic heterocycles. The predicted octanol–water partition coefficient (Wildman–Crippen LogP) is 2.37. The van der Waals surface area contributed by atoms with Crippen LogP contribution < -0.4 is 10.6 Å². The van der Waals surface area contributed by atoms with Gasteiger partial charge in [-0.3, -0.25) is 9.59 Å². The van der Waals surface area contributed by atoms with Gasteiger partial charge in [-0.2, -0.15) is 0 Å². The number of nitrogens with one attached hydrogen (secondary N) is 2. The minimum atomic E-state index is -1.10. The summed E-state index contributed by atoms with van der Waals surface area (Å²) in [4.78, 5) is 35.5. The van der Waals surface area contributed by atoms with E-state index in [2.05, 4.69) is 10.6 Å². The molecule has 3 N–H and O–H groups in total. The first-order valence-corrected chi connectivity index (χ1v) is 8.75. The molecule has 6 nitrogen and oxygen atoms in total. The van der Waals surface area contributed by atoms with Crippen molar-refractivity contribution in [1.82, 2.24) is 10.6 Å². The Morgan fingerprint density at radius 1 is 0.963 bits per heavy atom. The number of carboxylic acid groups (broad SMARTS) is 1. The van der Waals surface area contributed by atoms with Gasteiger partial charge in [0.1, 0.15) is 6.04 Å². The third kappa shape index (κ3) is 6.58. The molecule has 0 aliphatic rings. The molecule has 0 aliphatic carbocycles. The fourth-order valence-electron chi connectivity index (χ4n) is 2.78. The Morgan fingerprint density at radius 2 is 1.59 bits per heavy atom. The topological polar surface area (TPSA) is 95.5 Å². The lowest BCUT2D eigenvalue weighted by atomic mass is 10.0. The maximum atomic E-state index is 12.5. The summed E-state index contributed by atoms with van der Waals surface area (Å²) in [6.45, 7) is 3.33. The van der Waals surface area contributed by atoms with Gasteiger partial charge in [0, 0.05) is 13.3 Å². The zero-order valence-corrected chi connectivity index (χ0v) is 15.4. The van der Waals surface area contributed by atoms with Gasteiger partial charge in [0.25, 0.3) is 0 Å². The second-order valence-corrected chi connectivity index (χ2v) is 6.52. The fraction of sp³-hybridized carbons (Fsp3) is 0.286. The molecule has 2 atom stereocenters. The van der Waals surface area contributed by atoms with E-state index in [1.54, 1.807) is 0 Å². The molecule has 0 saturated heterocycles. The second-order valence-electron chi connectivity index (χ2n) is 6.52. The van der Waals surface area contributed by atoms with Crippen LogP contribution in [0.2, 0.25) is 0 Å². The Balaban J connectivity index is 2.07. The van der Waals surface area contributed by atoms with Crippen molar-refractivity contribution in [3.63, 3.8) is 0 Å². The molecule has 0 radical (unpaired) electrons. The Morgan fingerprint density at radius 3 is 2.15 bits per heavy atom. The van der Waals surface area contributed by atoms with Crippen LogP contribution in [0.25, 0.3) is 0 Å². The lowest BCUT2D eigenvalue weighted by Gasteiger charge is -2.20. The summed E-state index contributed by atoms with van der Waals surface area (Å²) >= 11 is 0. The number of rotatable bonds is 8. The fourth-order valence-corrected chi connectivity index (χ4v) is 2.78. The first kappa shape index (κ1) is 20.2. The standard InChI is InChI=1S/C21H24N2O4/c1-14-8-10-17(11-9-14)18(22-15(2)24)13-20(25)23-19(21(26)27)12-16-6-4-3-5-7-16/h3-11,18-19H,12-13H2,1-2H3,(H,22,24)(H,23,25)(H,26,27)/t18?,19-/m1/s1. The number of hydrogen-bond acceptors (Lipinski definition) is 3. The summed E-state index contributed by atoms with van der Waals surface area (Å²) in [6.07, 6.45) is 0.151. The first-order valence-electron chi connectivity index (χ1n) is 8.75. The molecule has 0 aromatic heterocycles. The zero-order chi connectivity index (χ0) is 19.8. The minimum absolute atomic E-state index is 0.0405. The van der Waals surface area contributed by atoms with Crippen LogP contribution in [-0.4, -0.2) is 28.9 Å². The molecule has 1 unspecified atom stereocenters. The number of carbonyl (C=O) groups is 3. The zero-order valence-electron chi connectivity index (χ0n) is 15.4. The summed E-state index contributed by atoms with van der Waals surface area (Å²) in [5.74, 6) is -1.79. The lowest BCUT2D eigenvalue weighted by Crippen LogP contribution is -2.43. The van der Waals surface area contributed by atoms with E-state index in [1.807, 2.05) is 61.5 Å². The SMILES string of the molecule is CC(=O)NC(CC(=O)N[C@H](Cc1ccccc1)C(=O)O)c1ccc(C)cc1. The number of carboxylic acids is 1. The van der Waals surface area contributed by atoms with E-state index in [1.165, 1.54) is 6.92 Å². The number of hydrogen-bond donors (Lipinski definition) is 3. The molecule has 0 saturated carbocycles. The van der Waals surface area contributed by atoms with E-state index in [0.717, 1.165) is 16.7 Å². The molecule has 6 heteroatoms. The molecule has 0 spiro atoms.